The van der Waals surface area contributed by atoms with Crippen LogP contribution in [-0.2, 0) is 12.8 Å². The molecule has 2 aromatic rings. The fourth-order valence-corrected chi connectivity index (χ4v) is 2.60. The zero-order valence-electron chi connectivity index (χ0n) is 8.55. The molecule has 0 radical (unpaired) electrons. The Morgan fingerprint density at radius 2 is 2.07 bits per heavy atom. The summed E-state index contributed by atoms with van der Waals surface area (Å²) in [6, 6.07) is 4.29. The molecule has 0 fully saturated rings. The first kappa shape index (κ1) is 8.72. The average Bonchev–Trinajstić information content (AvgIpc) is 2.72. The van der Waals surface area contributed by atoms with Crippen LogP contribution in [0.4, 0.5) is 0 Å². The summed E-state index contributed by atoms with van der Waals surface area (Å²) in [5, 5.41) is 1.15. The molecule has 0 saturated heterocycles. The third-order valence-electron chi connectivity index (χ3n) is 3.33. The summed E-state index contributed by atoms with van der Waals surface area (Å²) in [6.07, 6.45) is 7.56. The van der Waals surface area contributed by atoms with E-state index in [2.05, 4.69) is 17.1 Å². The van der Waals surface area contributed by atoms with Gasteiger partial charge in [0, 0.05) is 22.7 Å². The van der Waals surface area contributed by atoms with E-state index in [1.54, 1.807) is 0 Å². The minimum Gasteiger partial charge on any atom is -0.360 e. The first-order valence-corrected chi connectivity index (χ1v) is 5.47. The van der Waals surface area contributed by atoms with Crippen LogP contribution < -0.4 is 0 Å². The maximum absolute atomic E-state index is 10.9. The smallest absolute Gasteiger partial charge is 0.152 e. The van der Waals surface area contributed by atoms with Crippen molar-refractivity contribution < 1.29 is 4.79 Å². The second kappa shape index (κ2) is 3.23. The number of carbonyl (C=O) groups excluding carboxylic acids is 1. The summed E-state index contributed by atoms with van der Waals surface area (Å²) in [5.74, 6) is 0. The molecule has 2 nitrogen and oxygen atoms in total. The van der Waals surface area contributed by atoms with Crippen LogP contribution in [-0.4, -0.2) is 11.3 Å². The van der Waals surface area contributed by atoms with E-state index in [0.29, 0.717) is 0 Å². The van der Waals surface area contributed by atoms with Crippen molar-refractivity contribution in [2.45, 2.75) is 25.7 Å². The van der Waals surface area contributed by atoms with E-state index in [1.807, 2.05) is 6.20 Å². The summed E-state index contributed by atoms with van der Waals surface area (Å²) in [7, 11) is 0. The van der Waals surface area contributed by atoms with E-state index in [1.165, 1.54) is 24.0 Å². The molecule has 1 N–H and O–H groups in total. The number of aromatic nitrogens is 1. The standard InChI is InChI=1S/C13H13NO/c15-8-10-7-14-12-6-5-9-3-1-2-4-11(9)13(10)12/h5-8,14H,1-4H2. The predicted molar refractivity (Wildman–Crippen MR) is 60.3 cm³/mol. The number of rotatable bonds is 1. The maximum atomic E-state index is 10.9. The van der Waals surface area contributed by atoms with Gasteiger partial charge in [0.2, 0.25) is 0 Å². The fourth-order valence-electron chi connectivity index (χ4n) is 2.60. The average molecular weight is 199 g/mol. The summed E-state index contributed by atoms with van der Waals surface area (Å²) in [5.41, 5.74) is 4.72. The number of aldehydes is 1. The van der Waals surface area contributed by atoms with Crippen LogP contribution in [0.1, 0.15) is 34.3 Å². The number of aryl methyl sites for hydroxylation is 2. The van der Waals surface area contributed by atoms with E-state index in [0.717, 1.165) is 35.6 Å². The molecular weight excluding hydrogens is 186 g/mol. The molecule has 1 aliphatic carbocycles. The molecule has 0 atom stereocenters. The first-order valence-electron chi connectivity index (χ1n) is 5.47. The normalized spacial score (nSPS) is 15.2. The minimum absolute atomic E-state index is 0.809. The highest BCUT2D eigenvalue weighted by molar-refractivity contribution is 5.99. The van der Waals surface area contributed by atoms with Crippen LogP contribution in [0, 0.1) is 0 Å². The third-order valence-corrected chi connectivity index (χ3v) is 3.33. The molecule has 0 bridgehead atoms. The monoisotopic (exact) mass is 199 g/mol. The lowest BCUT2D eigenvalue weighted by Crippen LogP contribution is -2.03. The fraction of sp³-hybridized carbons (Fsp3) is 0.308. The number of carbonyl (C=O) groups is 1. The number of nitrogens with one attached hydrogen (secondary N) is 1. The summed E-state index contributed by atoms with van der Waals surface area (Å²) in [6.45, 7) is 0. The van der Waals surface area contributed by atoms with Gasteiger partial charge in [-0.3, -0.25) is 4.79 Å². The van der Waals surface area contributed by atoms with Crippen molar-refractivity contribution in [1.82, 2.24) is 4.98 Å². The predicted octanol–water partition coefficient (Wildman–Crippen LogP) is 2.86. The number of fused-ring (bicyclic) bond motifs is 3. The largest absolute Gasteiger partial charge is 0.360 e. The van der Waals surface area contributed by atoms with Crippen LogP contribution in [0.3, 0.4) is 0 Å². The van der Waals surface area contributed by atoms with E-state index < -0.39 is 0 Å². The molecule has 76 valence electrons. The van der Waals surface area contributed by atoms with Crippen LogP contribution in [0.15, 0.2) is 18.3 Å². The molecule has 3 rings (SSSR count). The lowest BCUT2D eigenvalue weighted by molar-refractivity contribution is 0.112. The summed E-state index contributed by atoms with van der Waals surface area (Å²) in [4.78, 5) is 14.1. The highest BCUT2D eigenvalue weighted by Crippen LogP contribution is 2.30. The maximum Gasteiger partial charge on any atom is 0.152 e. The van der Waals surface area contributed by atoms with Crippen LogP contribution in [0.5, 0.6) is 0 Å². The van der Waals surface area contributed by atoms with Crippen LogP contribution in [0.2, 0.25) is 0 Å². The third kappa shape index (κ3) is 1.21. The number of aromatic amines is 1. The van der Waals surface area contributed by atoms with Crippen molar-refractivity contribution in [2.75, 3.05) is 0 Å². The Labute approximate surface area is 88.3 Å². The lowest BCUT2D eigenvalue weighted by atomic mass is 9.88. The Morgan fingerprint density at radius 3 is 2.93 bits per heavy atom. The number of hydrogen-bond acceptors (Lipinski definition) is 1. The number of H-pyrrole nitrogens is 1. The van der Waals surface area contributed by atoms with Gasteiger partial charge in [-0.05, 0) is 42.9 Å². The van der Waals surface area contributed by atoms with E-state index in [4.69, 9.17) is 0 Å². The SMILES string of the molecule is O=Cc1c[nH]c2ccc3c(c12)CCCC3. The van der Waals surface area contributed by atoms with Crippen molar-refractivity contribution in [1.29, 1.82) is 0 Å². The molecule has 1 aromatic carbocycles. The summed E-state index contributed by atoms with van der Waals surface area (Å²) < 4.78 is 0. The second-order valence-corrected chi connectivity index (χ2v) is 4.19. The Kier molecular flexibility index (Phi) is 1.88. The molecule has 0 saturated carbocycles. The van der Waals surface area contributed by atoms with Crippen molar-refractivity contribution in [3.8, 4) is 0 Å². The van der Waals surface area contributed by atoms with E-state index in [9.17, 15) is 4.79 Å². The van der Waals surface area contributed by atoms with Crippen molar-refractivity contribution in [3.05, 3.63) is 35.0 Å². The van der Waals surface area contributed by atoms with Gasteiger partial charge in [0.1, 0.15) is 0 Å². The highest BCUT2D eigenvalue weighted by Gasteiger charge is 2.15. The van der Waals surface area contributed by atoms with Crippen molar-refractivity contribution >= 4 is 17.2 Å². The molecule has 0 unspecified atom stereocenters. The molecule has 1 aromatic heterocycles. The molecule has 1 heterocycles. The first-order chi connectivity index (χ1) is 7.40. The lowest BCUT2D eigenvalue weighted by Gasteiger charge is -2.16. The molecular formula is C13H13NO. The van der Waals surface area contributed by atoms with Gasteiger partial charge in [0.25, 0.3) is 0 Å². The van der Waals surface area contributed by atoms with Gasteiger partial charge in [-0.25, -0.2) is 0 Å². The molecule has 1 aliphatic rings. The van der Waals surface area contributed by atoms with Crippen molar-refractivity contribution in [3.63, 3.8) is 0 Å². The van der Waals surface area contributed by atoms with Gasteiger partial charge in [-0.15, -0.1) is 0 Å². The number of benzene rings is 1. The molecule has 0 aliphatic heterocycles. The van der Waals surface area contributed by atoms with Gasteiger partial charge in [-0.2, -0.15) is 0 Å². The molecule has 15 heavy (non-hydrogen) atoms. The minimum atomic E-state index is 0.809. The van der Waals surface area contributed by atoms with E-state index >= 15 is 0 Å². The van der Waals surface area contributed by atoms with Gasteiger partial charge in [0.15, 0.2) is 6.29 Å². The van der Waals surface area contributed by atoms with Gasteiger partial charge in [-0.1, -0.05) is 6.07 Å². The zero-order valence-corrected chi connectivity index (χ0v) is 8.55. The second-order valence-electron chi connectivity index (χ2n) is 4.19. The molecule has 0 spiro atoms. The molecule has 0 amide bonds. The highest BCUT2D eigenvalue weighted by atomic mass is 16.1. The van der Waals surface area contributed by atoms with E-state index in [-0.39, 0.29) is 0 Å². The topological polar surface area (TPSA) is 32.9 Å². The zero-order chi connectivity index (χ0) is 10.3. The number of hydrogen-bond donors (Lipinski definition) is 1. The quantitative estimate of drug-likeness (QED) is 0.704. The van der Waals surface area contributed by atoms with Gasteiger partial charge < -0.3 is 4.98 Å². The van der Waals surface area contributed by atoms with Crippen LogP contribution >= 0.6 is 0 Å². The van der Waals surface area contributed by atoms with Crippen molar-refractivity contribution in [2.24, 2.45) is 0 Å². The Morgan fingerprint density at radius 1 is 1.20 bits per heavy atom. The summed E-state index contributed by atoms with van der Waals surface area (Å²) >= 11 is 0. The Bertz CT molecular complexity index is 525. The van der Waals surface area contributed by atoms with Crippen LogP contribution in [0.25, 0.3) is 10.9 Å². The van der Waals surface area contributed by atoms with Gasteiger partial charge in [0.05, 0.1) is 0 Å². The Hall–Kier alpha value is -1.57. The van der Waals surface area contributed by atoms with Gasteiger partial charge >= 0.3 is 0 Å². The Balaban J connectivity index is 2.37. The molecule has 2 heteroatoms.